The summed E-state index contributed by atoms with van der Waals surface area (Å²) in [6.45, 7) is 11.4. The van der Waals surface area contributed by atoms with Crippen LogP contribution in [-0.4, -0.2) is 0 Å². The largest absolute Gasteiger partial charge is 0.0683 e. The monoisotopic (exact) mass is 286 g/mol. The molecule has 0 heterocycles. The number of hydrogen-bond donors (Lipinski definition) is 0. The van der Waals surface area contributed by atoms with E-state index in [2.05, 4.69) is 45.0 Å². The summed E-state index contributed by atoms with van der Waals surface area (Å²) in [6.07, 6.45) is 8.64. The molecule has 2 saturated carbocycles. The molecular formula is C21H34. The first-order valence-corrected chi connectivity index (χ1v) is 9.22. The van der Waals surface area contributed by atoms with Crippen molar-refractivity contribution in [1.29, 1.82) is 0 Å². The van der Waals surface area contributed by atoms with Gasteiger partial charge in [-0.15, -0.1) is 0 Å². The van der Waals surface area contributed by atoms with Crippen LogP contribution in [0.25, 0.3) is 0 Å². The molecule has 0 bridgehead atoms. The van der Waals surface area contributed by atoms with Crippen molar-refractivity contribution in [3.63, 3.8) is 0 Å². The first-order chi connectivity index (χ1) is 10.2. The van der Waals surface area contributed by atoms with Crippen LogP contribution in [0.5, 0.6) is 0 Å². The van der Waals surface area contributed by atoms with Crippen molar-refractivity contribution in [2.24, 2.45) is 17.8 Å². The van der Waals surface area contributed by atoms with E-state index < -0.39 is 0 Å². The quantitative estimate of drug-likeness (QED) is 0.551. The molecule has 118 valence electrons. The van der Waals surface area contributed by atoms with Crippen LogP contribution in [0.1, 0.15) is 77.3 Å². The molecule has 0 radical (unpaired) electrons. The van der Waals surface area contributed by atoms with E-state index in [1.807, 2.05) is 13.8 Å². The highest BCUT2D eigenvalue weighted by Gasteiger charge is 2.50. The fourth-order valence-electron chi connectivity index (χ4n) is 5.30. The average molecular weight is 287 g/mol. The Morgan fingerprint density at radius 2 is 1.67 bits per heavy atom. The predicted molar refractivity (Wildman–Crippen MR) is 93.7 cm³/mol. The van der Waals surface area contributed by atoms with Gasteiger partial charge in [0.05, 0.1) is 0 Å². The van der Waals surface area contributed by atoms with Crippen molar-refractivity contribution >= 4 is 0 Å². The van der Waals surface area contributed by atoms with Gasteiger partial charge in [-0.2, -0.15) is 0 Å². The van der Waals surface area contributed by atoms with Crippen LogP contribution in [0, 0.1) is 24.7 Å². The van der Waals surface area contributed by atoms with Crippen molar-refractivity contribution in [2.75, 3.05) is 0 Å². The van der Waals surface area contributed by atoms with Crippen LogP contribution >= 0.6 is 0 Å². The Hall–Kier alpha value is -0.780. The lowest BCUT2D eigenvalue weighted by molar-refractivity contribution is 0.0276. The maximum absolute atomic E-state index is 2.52. The second kappa shape index (κ2) is 6.99. The van der Waals surface area contributed by atoms with Gasteiger partial charge in [0, 0.05) is 5.41 Å². The zero-order valence-corrected chi connectivity index (χ0v) is 14.8. The van der Waals surface area contributed by atoms with Crippen LogP contribution in [0.15, 0.2) is 24.3 Å². The number of fused-ring (bicyclic) bond motifs is 1. The Morgan fingerprint density at radius 1 is 0.952 bits per heavy atom. The van der Waals surface area contributed by atoms with E-state index in [0.717, 1.165) is 17.8 Å². The van der Waals surface area contributed by atoms with Crippen LogP contribution < -0.4 is 0 Å². The van der Waals surface area contributed by atoms with Gasteiger partial charge in [-0.1, -0.05) is 71.2 Å². The summed E-state index contributed by atoms with van der Waals surface area (Å²) in [5, 5.41) is 0. The summed E-state index contributed by atoms with van der Waals surface area (Å²) in [7, 11) is 0. The van der Waals surface area contributed by atoms with E-state index >= 15 is 0 Å². The van der Waals surface area contributed by atoms with Gasteiger partial charge in [-0.25, -0.2) is 0 Å². The minimum atomic E-state index is 0.487. The smallest absolute Gasteiger partial charge is 0.00120 e. The minimum absolute atomic E-state index is 0.487. The fraction of sp³-hybridized carbons (Fsp3) is 0.714. The van der Waals surface area contributed by atoms with Gasteiger partial charge in [-0.3, -0.25) is 0 Å². The zero-order valence-electron chi connectivity index (χ0n) is 14.8. The van der Waals surface area contributed by atoms with Crippen LogP contribution in [0.4, 0.5) is 0 Å². The standard InChI is InChI=1S/C19H28.C2H6/c1-14-8-4-5-9-17(14)19-13-7-6-10-18(19)15(2)11-12-16(19)3;1-2/h4-5,8-9,15-16,18H,6-7,10-13H2,1-3H3;1-2H3. The Balaban J connectivity index is 0.000000774. The molecule has 2 aliphatic carbocycles. The van der Waals surface area contributed by atoms with Crippen LogP contribution in [0.3, 0.4) is 0 Å². The molecule has 4 atom stereocenters. The molecule has 0 saturated heterocycles. The third kappa shape index (κ3) is 2.79. The lowest BCUT2D eigenvalue weighted by Gasteiger charge is -2.55. The molecule has 3 rings (SSSR count). The number of rotatable bonds is 1. The van der Waals surface area contributed by atoms with E-state index in [9.17, 15) is 0 Å². The van der Waals surface area contributed by atoms with Gasteiger partial charge < -0.3 is 0 Å². The zero-order chi connectivity index (χ0) is 15.5. The second-order valence-electron chi connectivity index (χ2n) is 7.16. The molecule has 0 N–H and O–H groups in total. The van der Waals surface area contributed by atoms with E-state index in [4.69, 9.17) is 0 Å². The third-order valence-corrected chi connectivity index (χ3v) is 6.29. The van der Waals surface area contributed by atoms with Crippen molar-refractivity contribution < 1.29 is 0 Å². The molecule has 2 aliphatic rings. The highest BCUT2D eigenvalue weighted by Crippen LogP contribution is 2.57. The normalized spacial score (nSPS) is 35.4. The van der Waals surface area contributed by atoms with Gasteiger partial charge >= 0.3 is 0 Å². The molecule has 0 aromatic heterocycles. The topological polar surface area (TPSA) is 0 Å². The Kier molecular flexibility index (Phi) is 5.52. The maximum atomic E-state index is 2.52. The SMILES string of the molecule is CC.Cc1ccccc1C12CCCCC1C(C)CCC2C. The van der Waals surface area contributed by atoms with E-state index in [-0.39, 0.29) is 0 Å². The summed E-state index contributed by atoms with van der Waals surface area (Å²) in [6, 6.07) is 9.21. The Labute approximate surface area is 132 Å². The summed E-state index contributed by atoms with van der Waals surface area (Å²) in [5.74, 6) is 2.69. The molecule has 1 aromatic carbocycles. The summed E-state index contributed by atoms with van der Waals surface area (Å²) >= 11 is 0. The predicted octanol–water partition coefficient (Wildman–Crippen LogP) is 6.52. The van der Waals surface area contributed by atoms with E-state index in [1.54, 1.807) is 5.56 Å². The van der Waals surface area contributed by atoms with Gasteiger partial charge in [0.2, 0.25) is 0 Å². The minimum Gasteiger partial charge on any atom is -0.0683 e. The molecule has 4 unspecified atom stereocenters. The highest BCUT2D eigenvalue weighted by atomic mass is 14.5. The fourth-order valence-corrected chi connectivity index (χ4v) is 5.30. The first kappa shape index (κ1) is 16.6. The Bertz CT molecular complexity index is 447. The van der Waals surface area contributed by atoms with Crippen molar-refractivity contribution in [2.45, 2.75) is 78.6 Å². The molecule has 0 aliphatic heterocycles. The molecule has 0 spiro atoms. The van der Waals surface area contributed by atoms with Gasteiger partial charge in [0.15, 0.2) is 0 Å². The number of aryl methyl sites for hydroxylation is 1. The Morgan fingerprint density at radius 3 is 2.38 bits per heavy atom. The number of hydrogen-bond acceptors (Lipinski definition) is 0. The molecular weight excluding hydrogens is 252 g/mol. The van der Waals surface area contributed by atoms with E-state index in [0.29, 0.717) is 5.41 Å². The summed E-state index contributed by atoms with van der Waals surface area (Å²) in [5.41, 5.74) is 3.69. The summed E-state index contributed by atoms with van der Waals surface area (Å²) < 4.78 is 0. The van der Waals surface area contributed by atoms with Crippen LogP contribution in [-0.2, 0) is 5.41 Å². The second-order valence-corrected chi connectivity index (χ2v) is 7.16. The van der Waals surface area contributed by atoms with E-state index in [1.165, 1.54) is 44.1 Å². The lowest BCUT2D eigenvalue weighted by atomic mass is 9.49. The maximum Gasteiger partial charge on any atom is 0.00120 e. The highest BCUT2D eigenvalue weighted by molar-refractivity contribution is 5.36. The van der Waals surface area contributed by atoms with Gasteiger partial charge in [0.1, 0.15) is 0 Å². The van der Waals surface area contributed by atoms with Crippen molar-refractivity contribution in [1.82, 2.24) is 0 Å². The lowest BCUT2D eigenvalue weighted by Crippen LogP contribution is -2.49. The molecule has 1 aromatic rings. The molecule has 21 heavy (non-hydrogen) atoms. The van der Waals surface area contributed by atoms with Gasteiger partial charge in [0.25, 0.3) is 0 Å². The average Bonchev–Trinajstić information content (AvgIpc) is 2.53. The van der Waals surface area contributed by atoms with Crippen LogP contribution in [0.2, 0.25) is 0 Å². The van der Waals surface area contributed by atoms with Crippen molar-refractivity contribution in [3.8, 4) is 0 Å². The first-order valence-electron chi connectivity index (χ1n) is 9.22. The number of benzene rings is 1. The van der Waals surface area contributed by atoms with Gasteiger partial charge in [-0.05, 0) is 55.1 Å². The molecule has 0 amide bonds. The third-order valence-electron chi connectivity index (χ3n) is 6.29. The molecule has 0 nitrogen and oxygen atoms in total. The summed E-state index contributed by atoms with van der Waals surface area (Å²) in [4.78, 5) is 0. The molecule has 0 heteroatoms. The van der Waals surface area contributed by atoms with Crippen molar-refractivity contribution in [3.05, 3.63) is 35.4 Å². The molecule has 2 fully saturated rings.